The third-order valence-corrected chi connectivity index (χ3v) is 11.8. The first-order valence-corrected chi connectivity index (χ1v) is 19.3. The first-order valence-electron chi connectivity index (χ1n) is 21.8. The van der Waals surface area contributed by atoms with Crippen molar-refractivity contribution in [1.29, 1.82) is 0 Å². The van der Waals surface area contributed by atoms with Crippen LogP contribution in [0, 0.1) is 0 Å². The number of nitrogens with zero attached hydrogens (tertiary/aromatic N) is 2. The fourth-order valence-corrected chi connectivity index (χ4v) is 9.30. The Morgan fingerprint density at radius 2 is 1.00 bits per heavy atom. The molecule has 0 unspecified atom stereocenters. The number of fused-ring (bicyclic) bond motifs is 12. The molecule has 0 atom stereocenters. The molecule has 0 aliphatic rings. The second-order valence-corrected chi connectivity index (χ2v) is 14.9. The Bertz CT molecular complexity index is 4090. The van der Waals surface area contributed by atoms with Gasteiger partial charge in [-0.1, -0.05) is 121 Å². The molecule has 4 heteroatoms. The second-order valence-electron chi connectivity index (χ2n) is 14.9. The summed E-state index contributed by atoms with van der Waals surface area (Å²) in [6, 6.07) is 54.9. The summed E-state index contributed by atoms with van der Waals surface area (Å²) >= 11 is 0. The van der Waals surface area contributed by atoms with E-state index in [4.69, 9.17) is 15.7 Å². The van der Waals surface area contributed by atoms with Crippen LogP contribution < -0.4 is 0 Å². The van der Waals surface area contributed by atoms with Crippen LogP contribution in [0.5, 0.6) is 0 Å². The van der Waals surface area contributed by atoms with Gasteiger partial charge in [0.25, 0.3) is 0 Å². The lowest BCUT2D eigenvalue weighted by atomic mass is 9.99. The molecule has 0 spiro atoms. The fraction of sp³-hybridized carbons (Fsp3) is 0. The predicted molar refractivity (Wildman–Crippen MR) is 241 cm³/mol. The van der Waals surface area contributed by atoms with E-state index in [0.717, 1.165) is 88.1 Å². The quantitative estimate of drug-likeness (QED) is 0.180. The van der Waals surface area contributed by atoms with Gasteiger partial charge in [-0.15, -0.1) is 0 Å². The van der Waals surface area contributed by atoms with Gasteiger partial charge in [0.1, 0.15) is 16.7 Å². The van der Waals surface area contributed by atoms with Crippen LogP contribution in [0.3, 0.4) is 0 Å². The van der Waals surface area contributed by atoms with E-state index in [9.17, 15) is 0 Å². The molecule has 4 aromatic heterocycles. The van der Waals surface area contributed by atoms with E-state index in [1.165, 1.54) is 5.39 Å². The van der Waals surface area contributed by atoms with Gasteiger partial charge in [0.2, 0.25) is 0 Å². The topological polar surface area (TPSA) is 36.1 Å². The van der Waals surface area contributed by atoms with Crippen LogP contribution in [0.4, 0.5) is 0 Å². The molecule has 13 rings (SSSR count). The maximum Gasteiger partial charge on any atom is 0.159 e. The lowest BCUT2D eigenvalue weighted by Gasteiger charge is -2.10. The Balaban J connectivity index is 0.956. The Morgan fingerprint density at radius 3 is 1.78 bits per heavy atom. The molecule has 0 fully saturated rings. The number of furan rings is 2. The Kier molecular flexibility index (Phi) is 5.49. The van der Waals surface area contributed by atoms with E-state index in [1.807, 2.05) is 30.3 Å². The van der Waals surface area contributed by atoms with Crippen molar-refractivity contribution in [2.45, 2.75) is 0 Å². The van der Waals surface area contributed by atoms with Gasteiger partial charge < -0.3 is 18.0 Å². The van der Waals surface area contributed by atoms with Crippen molar-refractivity contribution in [2.24, 2.45) is 0 Å². The van der Waals surface area contributed by atoms with Gasteiger partial charge in [0.05, 0.1) is 34.6 Å². The monoisotopic (exact) mass is 745 g/mol. The zero-order valence-corrected chi connectivity index (χ0v) is 30.8. The smallest absolute Gasteiger partial charge is 0.159 e. The molecule has 0 radical (unpaired) electrons. The molecule has 270 valence electrons. The number of hydrogen-bond donors (Lipinski definition) is 0. The number of hydrogen-bond acceptors (Lipinski definition) is 2. The molecule has 0 saturated heterocycles. The van der Waals surface area contributed by atoms with Crippen LogP contribution in [0.1, 0.15) is 6.85 Å². The first kappa shape index (κ1) is 26.9. The van der Waals surface area contributed by atoms with Gasteiger partial charge in [-0.05, 0) is 89.0 Å². The zero-order valence-electron chi connectivity index (χ0n) is 35.8. The molecule has 0 amide bonds. The third kappa shape index (κ3) is 4.40. The van der Waals surface area contributed by atoms with Gasteiger partial charge >= 0.3 is 0 Å². The molecule has 13 aromatic rings. The minimum atomic E-state index is -0.417. The number of aromatic nitrogens is 2. The summed E-state index contributed by atoms with van der Waals surface area (Å²) in [5, 5.41) is 8.27. The Morgan fingerprint density at radius 1 is 0.379 bits per heavy atom. The average molecular weight is 746 g/mol. The van der Waals surface area contributed by atoms with Crippen LogP contribution in [0.2, 0.25) is 0 Å². The SMILES string of the molecule is [2H]c1c([2H])c([2H])c(-c2cccc3oc4cc(-n5c6ccccc6c6cc(-c7ccc8c(c7)c7ccccc7n8-c7cccc8c7oc7ccccc78)ccc65)ccc4c23)c([2H])c1[2H]. The molecule has 58 heavy (non-hydrogen) atoms. The molecule has 0 aliphatic carbocycles. The van der Waals surface area contributed by atoms with E-state index < -0.39 is 6.04 Å². The molecule has 4 heterocycles. The number of benzene rings is 9. The highest BCUT2D eigenvalue weighted by atomic mass is 16.3. The van der Waals surface area contributed by atoms with Crippen molar-refractivity contribution in [1.82, 2.24) is 9.13 Å². The molecular formula is C54H32N2O2. The Labute approximate surface area is 339 Å². The number of para-hydroxylation sites is 4. The highest BCUT2D eigenvalue weighted by Gasteiger charge is 2.20. The van der Waals surface area contributed by atoms with Crippen LogP contribution in [0.15, 0.2) is 203 Å². The fourth-order valence-electron chi connectivity index (χ4n) is 9.30. The predicted octanol–water partition coefficient (Wildman–Crippen LogP) is 15.0. The van der Waals surface area contributed by atoms with E-state index in [1.54, 1.807) is 12.1 Å². The summed E-state index contributed by atoms with van der Waals surface area (Å²) in [6.07, 6.45) is 0. The summed E-state index contributed by atoms with van der Waals surface area (Å²) in [5.41, 5.74) is 12.1. The maximum absolute atomic E-state index is 8.69. The molecule has 9 aromatic carbocycles. The van der Waals surface area contributed by atoms with Crippen molar-refractivity contribution >= 4 is 87.5 Å². The average Bonchev–Trinajstić information content (AvgIpc) is 4.07. The summed E-state index contributed by atoms with van der Waals surface area (Å²) < 4.78 is 59.7. The van der Waals surface area contributed by atoms with Gasteiger partial charge in [-0.25, -0.2) is 0 Å². The van der Waals surface area contributed by atoms with Gasteiger partial charge in [0.15, 0.2) is 5.58 Å². The van der Waals surface area contributed by atoms with E-state index in [0.29, 0.717) is 22.1 Å². The molecule has 0 bridgehead atoms. The van der Waals surface area contributed by atoms with Crippen LogP contribution in [-0.2, 0) is 0 Å². The summed E-state index contributed by atoms with van der Waals surface area (Å²) in [4.78, 5) is 0. The van der Waals surface area contributed by atoms with Crippen molar-refractivity contribution < 1.29 is 15.7 Å². The Hall–Kier alpha value is -7.82. The van der Waals surface area contributed by atoms with Crippen molar-refractivity contribution in [2.75, 3.05) is 0 Å². The van der Waals surface area contributed by atoms with E-state index >= 15 is 0 Å². The molecular weight excluding hydrogens is 709 g/mol. The third-order valence-electron chi connectivity index (χ3n) is 11.8. The standard InChI is InChI=1S/C54H32N2O2/c1-2-12-33(13-3-1)37-17-11-23-51-53(37)42-27-26-36(32-52(42)57-51)55-45-19-7-4-14-38(45)43-30-34(24-28-47(43)55)35-25-29-48-44(31-35)39-15-5-8-20-46(39)56(48)49-21-10-18-41-40-16-6-9-22-50(40)58-54(41)49/h1-32H/i1D,2D,3D,12D,13D. The minimum absolute atomic E-state index is 0.154. The normalized spacial score (nSPS) is 13.3. The molecule has 0 saturated carbocycles. The summed E-state index contributed by atoms with van der Waals surface area (Å²) in [6.45, 7) is 0. The molecule has 0 N–H and O–H groups in total. The van der Waals surface area contributed by atoms with Crippen LogP contribution in [0.25, 0.3) is 121 Å². The number of rotatable bonds is 4. The molecule has 4 nitrogen and oxygen atoms in total. The summed E-state index contributed by atoms with van der Waals surface area (Å²) in [5.74, 6) is 0. The van der Waals surface area contributed by atoms with Crippen LogP contribution >= 0.6 is 0 Å². The minimum Gasteiger partial charge on any atom is -0.456 e. The highest BCUT2D eigenvalue weighted by molar-refractivity contribution is 6.16. The lowest BCUT2D eigenvalue weighted by Crippen LogP contribution is -1.94. The first-order chi connectivity index (χ1) is 30.8. The largest absolute Gasteiger partial charge is 0.456 e. The second kappa shape index (κ2) is 11.8. The molecule has 0 aliphatic heterocycles. The highest BCUT2D eigenvalue weighted by Crippen LogP contribution is 2.42. The van der Waals surface area contributed by atoms with Gasteiger partial charge in [-0.2, -0.15) is 0 Å². The zero-order chi connectivity index (χ0) is 42.2. The van der Waals surface area contributed by atoms with Gasteiger partial charge in [-0.3, -0.25) is 0 Å². The lowest BCUT2D eigenvalue weighted by molar-refractivity contribution is 0.666. The van der Waals surface area contributed by atoms with Gasteiger partial charge in [0, 0.05) is 54.8 Å². The van der Waals surface area contributed by atoms with E-state index in [2.05, 4.69) is 130 Å². The van der Waals surface area contributed by atoms with Crippen molar-refractivity contribution in [3.05, 3.63) is 194 Å². The van der Waals surface area contributed by atoms with Crippen molar-refractivity contribution in [3.63, 3.8) is 0 Å². The van der Waals surface area contributed by atoms with Crippen LogP contribution in [-0.4, -0.2) is 9.13 Å². The maximum atomic E-state index is 8.69. The summed E-state index contributed by atoms with van der Waals surface area (Å²) in [7, 11) is 0. The van der Waals surface area contributed by atoms with Crippen molar-refractivity contribution in [3.8, 4) is 33.6 Å². The van der Waals surface area contributed by atoms with E-state index in [-0.39, 0.29) is 29.7 Å².